The lowest BCUT2D eigenvalue weighted by atomic mass is 10.1. The molecule has 1 N–H and O–H groups in total. The molecule has 0 aliphatic carbocycles. The number of nitrogens with zero attached hydrogens (tertiary/aromatic N) is 2. The van der Waals surface area contributed by atoms with Gasteiger partial charge in [0, 0.05) is 37.5 Å². The molecule has 0 atom stereocenters. The highest BCUT2D eigenvalue weighted by Gasteiger charge is 2.12. The fourth-order valence-corrected chi connectivity index (χ4v) is 1.94. The van der Waals surface area contributed by atoms with Gasteiger partial charge < -0.3 is 10.0 Å². The normalized spacial score (nSPS) is 10.3. The smallest absolute Gasteiger partial charge is 0.253 e. The molecule has 2 aromatic rings. The third-order valence-electron chi connectivity index (χ3n) is 3.22. The Morgan fingerprint density at radius 1 is 1.30 bits per heavy atom. The summed E-state index contributed by atoms with van der Waals surface area (Å²) in [5.41, 5.74) is 2.26. The average molecular weight is 270 g/mol. The highest BCUT2D eigenvalue weighted by molar-refractivity contribution is 5.94. The number of hydrogen-bond acceptors (Lipinski definition) is 3. The van der Waals surface area contributed by atoms with E-state index in [2.05, 4.69) is 4.98 Å². The number of benzene rings is 1. The van der Waals surface area contributed by atoms with Crippen molar-refractivity contribution in [2.24, 2.45) is 0 Å². The highest BCUT2D eigenvalue weighted by atomic mass is 16.3. The van der Waals surface area contributed by atoms with Crippen molar-refractivity contribution in [1.29, 1.82) is 0 Å². The molecule has 1 aromatic heterocycles. The minimum Gasteiger partial charge on any atom is -0.508 e. The van der Waals surface area contributed by atoms with Gasteiger partial charge in [0.05, 0.1) is 0 Å². The number of phenols is 1. The van der Waals surface area contributed by atoms with E-state index in [0.29, 0.717) is 17.7 Å². The van der Waals surface area contributed by atoms with E-state index in [4.69, 9.17) is 0 Å². The minimum absolute atomic E-state index is 0.0518. The Morgan fingerprint density at radius 2 is 2.10 bits per heavy atom. The summed E-state index contributed by atoms with van der Waals surface area (Å²) in [7, 11) is 1.77. The van der Waals surface area contributed by atoms with Gasteiger partial charge in [-0.1, -0.05) is 6.07 Å². The number of carbonyl (C=O) groups excluding carboxylic acids is 1. The predicted molar refractivity (Wildman–Crippen MR) is 77.7 cm³/mol. The first-order chi connectivity index (χ1) is 9.58. The number of hydrogen-bond donors (Lipinski definition) is 1. The molecule has 0 radical (unpaired) electrons. The van der Waals surface area contributed by atoms with Gasteiger partial charge in [-0.05, 0) is 42.8 Å². The zero-order chi connectivity index (χ0) is 14.5. The molecule has 0 fully saturated rings. The van der Waals surface area contributed by atoms with Gasteiger partial charge in [0.1, 0.15) is 5.75 Å². The number of aromatic hydroxyl groups is 1. The van der Waals surface area contributed by atoms with Gasteiger partial charge in [-0.2, -0.15) is 0 Å². The lowest BCUT2D eigenvalue weighted by Crippen LogP contribution is -2.29. The van der Waals surface area contributed by atoms with E-state index in [0.717, 1.165) is 12.1 Å². The van der Waals surface area contributed by atoms with E-state index in [1.807, 2.05) is 18.2 Å². The van der Waals surface area contributed by atoms with Crippen molar-refractivity contribution in [2.45, 2.75) is 13.3 Å². The Kier molecular flexibility index (Phi) is 4.35. The maximum Gasteiger partial charge on any atom is 0.253 e. The molecule has 0 saturated heterocycles. The third kappa shape index (κ3) is 3.35. The summed E-state index contributed by atoms with van der Waals surface area (Å²) in [6.45, 7) is 2.38. The van der Waals surface area contributed by atoms with Crippen LogP contribution in [0, 0.1) is 6.92 Å². The van der Waals surface area contributed by atoms with Gasteiger partial charge in [0.2, 0.25) is 0 Å². The molecule has 104 valence electrons. The minimum atomic E-state index is -0.0518. The van der Waals surface area contributed by atoms with Gasteiger partial charge >= 0.3 is 0 Å². The molecule has 4 nitrogen and oxygen atoms in total. The molecular weight excluding hydrogens is 252 g/mol. The van der Waals surface area contributed by atoms with Crippen molar-refractivity contribution in [3.05, 3.63) is 59.4 Å². The second-order valence-corrected chi connectivity index (χ2v) is 4.80. The summed E-state index contributed by atoms with van der Waals surface area (Å²) in [4.78, 5) is 18.2. The molecule has 0 bridgehead atoms. The largest absolute Gasteiger partial charge is 0.508 e. The standard InChI is InChI=1S/C16H18N2O2/c1-12-11-13(6-7-15(12)19)16(20)18(2)10-8-14-5-3-4-9-17-14/h3-7,9,11,19H,8,10H2,1-2H3. The second kappa shape index (κ2) is 6.19. The van der Waals surface area contributed by atoms with Crippen LogP contribution in [0.15, 0.2) is 42.6 Å². The lowest BCUT2D eigenvalue weighted by molar-refractivity contribution is 0.0796. The Hall–Kier alpha value is -2.36. The molecule has 4 heteroatoms. The Bertz CT molecular complexity index is 597. The van der Waals surface area contributed by atoms with E-state index in [-0.39, 0.29) is 11.7 Å². The molecule has 1 aromatic carbocycles. The van der Waals surface area contributed by atoms with Crippen molar-refractivity contribution in [1.82, 2.24) is 9.88 Å². The van der Waals surface area contributed by atoms with Crippen LogP contribution >= 0.6 is 0 Å². The molecule has 0 spiro atoms. The van der Waals surface area contributed by atoms with Gasteiger partial charge in [-0.3, -0.25) is 9.78 Å². The summed E-state index contributed by atoms with van der Waals surface area (Å²) in [6, 6.07) is 10.7. The van der Waals surface area contributed by atoms with Crippen LogP contribution in [0.25, 0.3) is 0 Å². The van der Waals surface area contributed by atoms with Crippen LogP contribution in [-0.2, 0) is 6.42 Å². The summed E-state index contributed by atoms with van der Waals surface area (Å²) >= 11 is 0. The number of pyridine rings is 1. The maximum absolute atomic E-state index is 12.3. The number of aryl methyl sites for hydroxylation is 1. The van der Waals surface area contributed by atoms with E-state index in [1.54, 1.807) is 43.3 Å². The van der Waals surface area contributed by atoms with Crippen LogP contribution in [0.5, 0.6) is 5.75 Å². The van der Waals surface area contributed by atoms with Crippen LogP contribution in [-0.4, -0.2) is 34.5 Å². The van der Waals surface area contributed by atoms with E-state index in [9.17, 15) is 9.90 Å². The monoisotopic (exact) mass is 270 g/mol. The van der Waals surface area contributed by atoms with Crippen molar-refractivity contribution < 1.29 is 9.90 Å². The fourth-order valence-electron chi connectivity index (χ4n) is 1.94. The van der Waals surface area contributed by atoms with Crippen LogP contribution in [0.2, 0.25) is 0 Å². The van der Waals surface area contributed by atoms with Crippen molar-refractivity contribution in [3.63, 3.8) is 0 Å². The summed E-state index contributed by atoms with van der Waals surface area (Å²) < 4.78 is 0. The van der Waals surface area contributed by atoms with E-state index >= 15 is 0 Å². The molecule has 0 aliphatic rings. The number of likely N-dealkylation sites (N-methyl/N-ethyl adjacent to an activating group) is 1. The Balaban J connectivity index is 1.99. The average Bonchev–Trinajstić information content (AvgIpc) is 2.48. The quantitative estimate of drug-likeness (QED) is 0.928. The molecule has 0 unspecified atom stereocenters. The van der Waals surface area contributed by atoms with Gasteiger partial charge in [0.15, 0.2) is 0 Å². The van der Waals surface area contributed by atoms with Crippen LogP contribution in [0.1, 0.15) is 21.6 Å². The van der Waals surface area contributed by atoms with Gasteiger partial charge in [-0.15, -0.1) is 0 Å². The predicted octanol–water partition coefficient (Wildman–Crippen LogP) is 2.41. The molecule has 0 aliphatic heterocycles. The van der Waals surface area contributed by atoms with Crippen LogP contribution in [0.3, 0.4) is 0 Å². The SMILES string of the molecule is Cc1cc(C(=O)N(C)CCc2ccccn2)ccc1O. The Morgan fingerprint density at radius 3 is 2.75 bits per heavy atom. The zero-order valence-electron chi connectivity index (χ0n) is 11.7. The number of amides is 1. The second-order valence-electron chi connectivity index (χ2n) is 4.80. The van der Waals surface area contributed by atoms with Gasteiger partial charge in [0.25, 0.3) is 5.91 Å². The first-order valence-electron chi connectivity index (χ1n) is 6.53. The molecule has 1 heterocycles. The molecule has 2 rings (SSSR count). The first-order valence-corrected chi connectivity index (χ1v) is 6.53. The maximum atomic E-state index is 12.3. The number of carbonyl (C=O) groups is 1. The number of phenolic OH excluding ortho intramolecular Hbond substituents is 1. The summed E-state index contributed by atoms with van der Waals surface area (Å²) in [5.74, 6) is 0.154. The number of aromatic nitrogens is 1. The summed E-state index contributed by atoms with van der Waals surface area (Å²) in [5, 5.41) is 9.48. The van der Waals surface area contributed by atoms with E-state index < -0.39 is 0 Å². The molecular formula is C16H18N2O2. The molecule has 1 amide bonds. The third-order valence-corrected chi connectivity index (χ3v) is 3.22. The topological polar surface area (TPSA) is 53.4 Å². The van der Waals surface area contributed by atoms with E-state index in [1.165, 1.54) is 0 Å². The molecule has 20 heavy (non-hydrogen) atoms. The number of rotatable bonds is 4. The first kappa shape index (κ1) is 14.1. The Labute approximate surface area is 118 Å². The van der Waals surface area contributed by atoms with Crippen molar-refractivity contribution in [3.8, 4) is 5.75 Å². The van der Waals surface area contributed by atoms with Crippen molar-refractivity contribution >= 4 is 5.91 Å². The lowest BCUT2D eigenvalue weighted by Gasteiger charge is -2.17. The van der Waals surface area contributed by atoms with Crippen LogP contribution < -0.4 is 0 Å². The van der Waals surface area contributed by atoms with Crippen molar-refractivity contribution in [2.75, 3.05) is 13.6 Å². The van der Waals surface area contributed by atoms with Gasteiger partial charge in [-0.25, -0.2) is 0 Å². The fraction of sp³-hybridized carbons (Fsp3) is 0.250. The zero-order valence-corrected chi connectivity index (χ0v) is 11.7. The molecule has 0 saturated carbocycles. The summed E-state index contributed by atoms with van der Waals surface area (Å²) in [6.07, 6.45) is 2.47. The highest BCUT2D eigenvalue weighted by Crippen LogP contribution is 2.17. The van der Waals surface area contributed by atoms with Crippen LogP contribution in [0.4, 0.5) is 0 Å².